The third-order valence-electron chi connectivity index (χ3n) is 1.83. The first-order valence-electron chi connectivity index (χ1n) is 4.35. The first-order valence-corrected chi connectivity index (χ1v) is 5.23. The van der Waals surface area contributed by atoms with Crippen LogP contribution in [-0.4, -0.2) is 6.29 Å². The van der Waals surface area contributed by atoms with Crippen LogP contribution in [-0.2, 0) is 0 Å². The van der Waals surface area contributed by atoms with Crippen LogP contribution in [0.5, 0.6) is 11.5 Å². The smallest absolute Gasteiger partial charge is 0.166 e. The molecule has 0 spiro atoms. The zero-order chi connectivity index (χ0) is 11.5. The van der Waals surface area contributed by atoms with E-state index in [0.29, 0.717) is 16.9 Å². The molecule has 1 heterocycles. The Morgan fingerprint density at radius 1 is 1.25 bits per heavy atom. The van der Waals surface area contributed by atoms with Gasteiger partial charge in [-0.1, -0.05) is 0 Å². The van der Waals surface area contributed by atoms with E-state index in [1.54, 1.807) is 5.38 Å². The normalized spacial score (nSPS) is 10.1. The highest BCUT2D eigenvalue weighted by Crippen LogP contribution is 2.28. The van der Waals surface area contributed by atoms with Crippen LogP contribution >= 0.6 is 11.3 Å². The van der Waals surface area contributed by atoms with Crippen molar-refractivity contribution in [3.8, 4) is 11.5 Å². The molecule has 1 aromatic heterocycles. The minimum absolute atomic E-state index is 0.199. The molecule has 0 aliphatic carbocycles. The van der Waals surface area contributed by atoms with Gasteiger partial charge >= 0.3 is 0 Å². The summed E-state index contributed by atoms with van der Waals surface area (Å²) in [6, 6.07) is 4.40. The van der Waals surface area contributed by atoms with Crippen molar-refractivity contribution in [2.24, 2.45) is 0 Å². The van der Waals surface area contributed by atoms with Crippen LogP contribution in [0.3, 0.4) is 0 Å². The van der Waals surface area contributed by atoms with Gasteiger partial charge in [-0.3, -0.25) is 4.79 Å². The Labute approximate surface area is 94.1 Å². The fourth-order valence-electron chi connectivity index (χ4n) is 1.13. The van der Waals surface area contributed by atoms with Gasteiger partial charge in [0.1, 0.15) is 11.6 Å². The van der Waals surface area contributed by atoms with E-state index in [-0.39, 0.29) is 5.75 Å². The monoisotopic (exact) mass is 240 g/mol. The van der Waals surface area contributed by atoms with Gasteiger partial charge in [0.25, 0.3) is 0 Å². The molecule has 1 aromatic carbocycles. The van der Waals surface area contributed by atoms with E-state index >= 15 is 0 Å². The summed E-state index contributed by atoms with van der Waals surface area (Å²) in [6.45, 7) is 0. The second kappa shape index (κ2) is 4.40. The molecule has 0 radical (unpaired) electrons. The van der Waals surface area contributed by atoms with Crippen molar-refractivity contribution in [3.05, 3.63) is 46.2 Å². The maximum Gasteiger partial charge on any atom is 0.166 e. The van der Waals surface area contributed by atoms with Gasteiger partial charge in [-0.2, -0.15) is 0 Å². The van der Waals surface area contributed by atoms with E-state index < -0.39 is 11.6 Å². The Morgan fingerprint density at radius 3 is 2.75 bits per heavy atom. The predicted molar refractivity (Wildman–Crippen MR) is 56.1 cm³/mol. The molecule has 0 bridgehead atoms. The maximum atomic E-state index is 13.2. The summed E-state index contributed by atoms with van der Waals surface area (Å²) in [6.07, 6.45) is 0.666. The molecule has 0 fully saturated rings. The molecule has 2 aromatic rings. The Hall–Kier alpha value is -1.75. The molecule has 0 saturated heterocycles. The van der Waals surface area contributed by atoms with Gasteiger partial charge in [0.15, 0.2) is 17.9 Å². The van der Waals surface area contributed by atoms with Gasteiger partial charge in [0.2, 0.25) is 0 Å². The number of carbonyl (C=O) groups excluding carboxylic acids is 1. The van der Waals surface area contributed by atoms with E-state index in [2.05, 4.69) is 0 Å². The van der Waals surface area contributed by atoms with Gasteiger partial charge in [0.05, 0.1) is 4.88 Å². The number of benzene rings is 1. The second-order valence-electron chi connectivity index (χ2n) is 2.98. The van der Waals surface area contributed by atoms with Crippen LogP contribution in [0, 0.1) is 11.6 Å². The summed E-state index contributed by atoms with van der Waals surface area (Å²) in [4.78, 5) is 10.9. The van der Waals surface area contributed by atoms with Crippen molar-refractivity contribution in [2.45, 2.75) is 0 Å². The third-order valence-corrected chi connectivity index (χ3v) is 2.67. The Kier molecular flexibility index (Phi) is 2.96. The van der Waals surface area contributed by atoms with Crippen molar-refractivity contribution in [1.29, 1.82) is 0 Å². The van der Waals surface area contributed by atoms with Crippen LogP contribution in [0.2, 0.25) is 0 Å². The lowest BCUT2D eigenvalue weighted by Crippen LogP contribution is -1.88. The predicted octanol–water partition coefficient (Wildman–Crippen LogP) is 3.63. The molecule has 0 aliphatic heterocycles. The zero-order valence-corrected chi connectivity index (χ0v) is 8.76. The Bertz CT molecular complexity index is 522. The second-order valence-corrected chi connectivity index (χ2v) is 3.92. The zero-order valence-electron chi connectivity index (χ0n) is 7.94. The number of ether oxygens (including phenoxy) is 1. The fraction of sp³-hybridized carbons (Fsp3) is 0. The SMILES string of the molecule is O=Cc1cc(Oc2cc(F)ccc2F)cs1. The molecule has 82 valence electrons. The molecule has 2 rings (SSSR count). The molecule has 0 aliphatic rings. The molecule has 0 N–H and O–H groups in total. The van der Waals surface area contributed by atoms with Crippen molar-refractivity contribution in [3.63, 3.8) is 0 Å². The number of hydrogen-bond acceptors (Lipinski definition) is 3. The van der Waals surface area contributed by atoms with Gasteiger partial charge in [0, 0.05) is 17.5 Å². The lowest BCUT2D eigenvalue weighted by Gasteiger charge is -2.03. The van der Waals surface area contributed by atoms with Gasteiger partial charge in [-0.15, -0.1) is 11.3 Å². The first-order chi connectivity index (χ1) is 7.69. The summed E-state index contributed by atoms with van der Waals surface area (Å²) in [5.41, 5.74) is 0. The van der Waals surface area contributed by atoms with Crippen LogP contribution in [0.1, 0.15) is 9.67 Å². The van der Waals surface area contributed by atoms with Crippen molar-refractivity contribution in [1.82, 2.24) is 0 Å². The van der Waals surface area contributed by atoms with E-state index in [1.165, 1.54) is 17.4 Å². The van der Waals surface area contributed by atoms with Crippen LogP contribution in [0.25, 0.3) is 0 Å². The molecule has 2 nitrogen and oxygen atoms in total. The van der Waals surface area contributed by atoms with Crippen molar-refractivity contribution >= 4 is 17.6 Å². The van der Waals surface area contributed by atoms with Crippen LogP contribution < -0.4 is 4.74 Å². The largest absolute Gasteiger partial charge is 0.453 e. The first kappa shape index (κ1) is 10.8. The number of aldehydes is 1. The highest BCUT2D eigenvalue weighted by atomic mass is 32.1. The molecular weight excluding hydrogens is 234 g/mol. The highest BCUT2D eigenvalue weighted by molar-refractivity contribution is 7.11. The van der Waals surface area contributed by atoms with Crippen molar-refractivity contribution in [2.75, 3.05) is 0 Å². The van der Waals surface area contributed by atoms with E-state index in [4.69, 9.17) is 4.74 Å². The standard InChI is InChI=1S/C11H6F2O2S/c12-7-1-2-10(13)11(3-7)15-8-4-9(5-14)16-6-8/h1-6H. The number of hydrogen-bond donors (Lipinski definition) is 0. The number of rotatable bonds is 3. The quantitative estimate of drug-likeness (QED) is 0.766. The lowest BCUT2D eigenvalue weighted by molar-refractivity contribution is 0.112. The maximum absolute atomic E-state index is 13.2. The van der Waals surface area contributed by atoms with Crippen molar-refractivity contribution < 1.29 is 18.3 Å². The van der Waals surface area contributed by atoms with E-state index in [1.807, 2.05) is 0 Å². The molecule has 0 unspecified atom stereocenters. The van der Waals surface area contributed by atoms with Gasteiger partial charge in [-0.05, 0) is 12.1 Å². The molecular formula is C11H6F2O2S. The molecule has 0 saturated carbocycles. The molecule has 0 amide bonds. The average molecular weight is 240 g/mol. The highest BCUT2D eigenvalue weighted by Gasteiger charge is 2.07. The number of thiophene rings is 1. The average Bonchev–Trinajstić information content (AvgIpc) is 2.71. The summed E-state index contributed by atoms with van der Waals surface area (Å²) >= 11 is 1.17. The Morgan fingerprint density at radius 2 is 2.06 bits per heavy atom. The number of halogens is 2. The third kappa shape index (κ3) is 2.25. The topological polar surface area (TPSA) is 26.3 Å². The molecule has 16 heavy (non-hydrogen) atoms. The van der Waals surface area contributed by atoms with E-state index in [0.717, 1.165) is 18.2 Å². The summed E-state index contributed by atoms with van der Waals surface area (Å²) in [5, 5.41) is 1.55. The Balaban J connectivity index is 2.26. The summed E-state index contributed by atoms with van der Waals surface area (Å²) < 4.78 is 31.1. The van der Waals surface area contributed by atoms with Gasteiger partial charge in [-0.25, -0.2) is 8.78 Å². The van der Waals surface area contributed by atoms with Crippen LogP contribution in [0.15, 0.2) is 29.6 Å². The number of carbonyl (C=O) groups is 1. The van der Waals surface area contributed by atoms with Crippen LogP contribution in [0.4, 0.5) is 8.78 Å². The lowest BCUT2D eigenvalue weighted by atomic mass is 10.3. The molecule has 5 heteroatoms. The summed E-state index contributed by atoms with van der Waals surface area (Å²) in [7, 11) is 0. The van der Waals surface area contributed by atoms with E-state index in [9.17, 15) is 13.6 Å². The van der Waals surface area contributed by atoms with Gasteiger partial charge < -0.3 is 4.74 Å². The fourth-order valence-corrected chi connectivity index (χ4v) is 1.74. The minimum atomic E-state index is -0.653. The molecule has 0 atom stereocenters. The minimum Gasteiger partial charge on any atom is -0.453 e. The summed E-state index contributed by atoms with van der Waals surface area (Å²) in [5.74, 6) is -1.12.